The molecule has 0 unspecified atom stereocenters. The van der Waals surface area contributed by atoms with Gasteiger partial charge in [0.1, 0.15) is 0 Å². The van der Waals surface area contributed by atoms with Crippen LogP contribution >= 0.6 is 0 Å². The number of rotatable bonds is 3. The first-order valence-corrected chi connectivity index (χ1v) is 4.61. The Balaban J connectivity index is 0.00000102. The van der Waals surface area contributed by atoms with Crippen molar-refractivity contribution in [2.24, 2.45) is 0 Å². The minimum absolute atomic E-state index is 0.347. The van der Waals surface area contributed by atoms with Crippen molar-refractivity contribution in [1.82, 2.24) is 29.9 Å². The van der Waals surface area contributed by atoms with Crippen LogP contribution in [0.5, 0.6) is 0 Å². The summed E-state index contributed by atoms with van der Waals surface area (Å²) in [7, 11) is 0. The molecule has 0 saturated carbocycles. The molecule has 0 bridgehead atoms. The minimum atomic E-state index is -1.07. The second-order valence-electron chi connectivity index (χ2n) is 2.73. The van der Waals surface area contributed by atoms with Gasteiger partial charge in [0.2, 0.25) is 0 Å². The average molecular weight is 324 g/mol. The Bertz CT molecular complexity index is 591. The van der Waals surface area contributed by atoms with Gasteiger partial charge in [0.25, 0.3) is 0 Å². The van der Waals surface area contributed by atoms with E-state index < -0.39 is 33.4 Å². The van der Waals surface area contributed by atoms with Gasteiger partial charge >= 0.3 is 23.5 Å². The van der Waals surface area contributed by atoms with Gasteiger partial charge in [-0.15, -0.1) is 0 Å². The van der Waals surface area contributed by atoms with Gasteiger partial charge in [-0.05, 0) is 19.8 Å². The monoisotopic (exact) mass is 324 g/mol. The van der Waals surface area contributed by atoms with E-state index in [0.717, 1.165) is 0 Å². The van der Waals surface area contributed by atoms with E-state index in [1.54, 1.807) is 0 Å². The van der Waals surface area contributed by atoms with E-state index in [1.807, 2.05) is 0 Å². The second-order valence-corrected chi connectivity index (χ2v) is 2.73. The highest BCUT2D eigenvalue weighted by atomic mass is 16.6. The first kappa shape index (κ1) is 18.5. The van der Waals surface area contributed by atoms with Crippen LogP contribution in [-0.4, -0.2) is 50.1 Å². The van der Waals surface area contributed by atoms with Gasteiger partial charge in [-0.3, -0.25) is 0 Å². The zero-order chi connectivity index (χ0) is 17.4. The van der Waals surface area contributed by atoms with Crippen LogP contribution in [0.15, 0.2) is 0 Å². The molecule has 0 atom stereocenters. The molecule has 0 aliphatic rings. The Hall–Kier alpha value is -3.48. The maximum atomic E-state index is 11.1. The lowest BCUT2D eigenvalue weighted by atomic mass is 10.6. The molecule has 0 aromatic carbocycles. The van der Waals surface area contributed by atoms with E-state index in [9.17, 15) is 30.6 Å². The molecule has 0 spiro atoms. The first-order chi connectivity index (χ1) is 10.4. The summed E-state index contributed by atoms with van der Waals surface area (Å²) in [5, 5.41) is 62.0. The normalized spacial score (nSPS) is 9.09. The Morgan fingerprint density at radius 2 is 1.09 bits per heavy atom. The van der Waals surface area contributed by atoms with Crippen LogP contribution in [0.4, 0.5) is 11.9 Å². The van der Waals surface area contributed by atoms with Crippen LogP contribution < -0.4 is 11.8 Å². The van der Waals surface area contributed by atoms with Crippen LogP contribution in [0.2, 0.25) is 0 Å². The molecular weight excluding hydrogens is 316 g/mol. The van der Waals surface area contributed by atoms with Gasteiger partial charge in [-0.25, -0.2) is 22.2 Å². The molecule has 18 nitrogen and oxygen atoms in total. The molecule has 0 saturated heterocycles. The summed E-state index contributed by atoms with van der Waals surface area (Å²) in [4.78, 5) is 24.0. The fourth-order valence-electron chi connectivity index (χ4n) is 1.00. The van der Waals surface area contributed by atoms with Crippen LogP contribution in [0.3, 0.4) is 0 Å². The van der Waals surface area contributed by atoms with Gasteiger partial charge in [-0.2, -0.15) is 9.69 Å². The van der Waals surface area contributed by atoms with Gasteiger partial charge in [-0.1, -0.05) is 0 Å². The quantitative estimate of drug-likeness (QED) is 0.313. The SMILES string of the molecule is O=[N+]([O-])c1nc(-c2nc([N+](=O)[O-])nn2[O-])n([O-])n1.[NH3+]O.[NH3+]O. The van der Waals surface area contributed by atoms with Crippen molar-refractivity contribution in [3.63, 3.8) is 0 Å². The van der Waals surface area contributed by atoms with Crippen molar-refractivity contribution in [3.05, 3.63) is 30.6 Å². The number of aromatic nitrogens is 6. The summed E-state index contributed by atoms with van der Waals surface area (Å²) in [6.07, 6.45) is 0. The summed E-state index contributed by atoms with van der Waals surface area (Å²) in [6.45, 7) is 0. The third-order valence-electron chi connectivity index (χ3n) is 1.66. The van der Waals surface area contributed by atoms with Gasteiger partial charge in [0, 0.05) is 10.2 Å². The third kappa shape index (κ3) is 3.76. The lowest BCUT2D eigenvalue weighted by molar-refractivity contribution is -0.670. The molecule has 2 heterocycles. The van der Waals surface area contributed by atoms with Gasteiger partial charge in [0.05, 0.1) is 0 Å². The second kappa shape index (κ2) is 7.95. The van der Waals surface area contributed by atoms with E-state index >= 15 is 0 Å². The molecule has 0 fully saturated rings. The summed E-state index contributed by atoms with van der Waals surface area (Å²) < 4.78 is 0. The molecular formula is C4H8N10O8. The van der Waals surface area contributed by atoms with Crippen LogP contribution in [0, 0.1) is 30.6 Å². The Labute approximate surface area is 117 Å². The number of hydrogen-bond acceptors (Lipinski definition) is 12. The third-order valence-corrected chi connectivity index (χ3v) is 1.66. The molecule has 0 radical (unpaired) electrons. The minimum Gasteiger partial charge on any atom is -0.776 e. The number of nitrogens with zero attached hydrogens (tertiary/aromatic N) is 8. The van der Waals surface area contributed by atoms with Crippen molar-refractivity contribution in [1.29, 1.82) is 0 Å². The topological polar surface area (TPSA) is 290 Å². The molecule has 2 rings (SSSR count). The predicted octanol–water partition coefficient (Wildman–Crippen LogP) is -3.72. The van der Waals surface area contributed by atoms with Gasteiger partial charge < -0.3 is 30.6 Å². The number of nitro groups is 2. The lowest BCUT2D eigenvalue weighted by Crippen LogP contribution is -2.42. The standard InChI is InChI=1S/C4N8O6.2H4NO/c13-9-1(5-3(7-9)11(15)16)2-6-4(12(17)18)8-10(2)14;2*1-2/h;2*2H,1H3/q-2;2*+1. The summed E-state index contributed by atoms with van der Waals surface area (Å²) in [5.41, 5.74) is 0. The zero-order valence-electron chi connectivity index (χ0n) is 10.3. The number of quaternary nitrogens is 2. The van der Waals surface area contributed by atoms with E-state index in [1.165, 1.54) is 0 Å². The molecule has 0 aliphatic carbocycles. The van der Waals surface area contributed by atoms with E-state index in [0.29, 0.717) is 0 Å². The zero-order valence-corrected chi connectivity index (χ0v) is 10.3. The first-order valence-electron chi connectivity index (χ1n) is 4.61. The number of hydrogen-bond donors (Lipinski definition) is 4. The van der Waals surface area contributed by atoms with Crippen molar-refractivity contribution in [2.75, 3.05) is 0 Å². The predicted molar refractivity (Wildman–Crippen MR) is 59.2 cm³/mol. The molecule has 18 heteroatoms. The lowest BCUT2D eigenvalue weighted by Gasteiger charge is -2.01. The Morgan fingerprint density at radius 3 is 1.27 bits per heavy atom. The van der Waals surface area contributed by atoms with Crippen molar-refractivity contribution >= 4 is 11.9 Å². The molecule has 22 heavy (non-hydrogen) atoms. The summed E-state index contributed by atoms with van der Waals surface area (Å²) in [6, 6.07) is 0. The largest absolute Gasteiger partial charge is 0.776 e. The Morgan fingerprint density at radius 1 is 0.818 bits per heavy atom. The Kier molecular flexibility index (Phi) is 6.69. The van der Waals surface area contributed by atoms with Crippen LogP contribution in [-0.2, 0) is 0 Å². The van der Waals surface area contributed by atoms with Crippen molar-refractivity contribution < 1.29 is 32.1 Å². The van der Waals surface area contributed by atoms with Crippen molar-refractivity contribution in [3.8, 4) is 11.6 Å². The van der Waals surface area contributed by atoms with Gasteiger partial charge in [0.15, 0.2) is 0 Å². The molecule has 8 N–H and O–H groups in total. The molecule has 122 valence electrons. The maximum absolute atomic E-state index is 11.1. The smallest absolute Gasteiger partial charge is 0.491 e. The van der Waals surface area contributed by atoms with E-state index in [4.69, 9.17) is 10.4 Å². The van der Waals surface area contributed by atoms with Crippen LogP contribution in [0.25, 0.3) is 11.6 Å². The highest BCUT2D eigenvalue weighted by molar-refractivity contribution is 5.47. The summed E-state index contributed by atoms with van der Waals surface area (Å²) >= 11 is 0. The molecule has 0 aliphatic heterocycles. The average Bonchev–Trinajstić information content (AvgIpc) is 3.06. The molecule has 2 aromatic rings. The van der Waals surface area contributed by atoms with Crippen molar-refractivity contribution in [2.45, 2.75) is 0 Å². The molecule has 0 amide bonds. The highest BCUT2D eigenvalue weighted by Gasteiger charge is 2.28. The fourth-order valence-corrected chi connectivity index (χ4v) is 1.00. The van der Waals surface area contributed by atoms with Crippen LogP contribution in [0.1, 0.15) is 0 Å². The van der Waals surface area contributed by atoms with E-state index in [-0.39, 0.29) is 9.69 Å². The molecule has 2 aromatic heterocycles. The fraction of sp³-hybridized carbons (Fsp3) is 0. The maximum Gasteiger partial charge on any atom is 0.491 e. The summed E-state index contributed by atoms with van der Waals surface area (Å²) in [5.74, 6) is 0.672. The highest BCUT2D eigenvalue weighted by Crippen LogP contribution is 2.19. The van der Waals surface area contributed by atoms with E-state index in [2.05, 4.69) is 32.0 Å².